The van der Waals surface area contributed by atoms with Crippen molar-refractivity contribution in [2.75, 3.05) is 0 Å². The molecule has 150 valence electrons. The predicted molar refractivity (Wildman–Crippen MR) is 117 cm³/mol. The second-order valence-corrected chi connectivity index (χ2v) is 8.70. The highest BCUT2D eigenvalue weighted by atomic mass is 32.1. The quantitative estimate of drug-likeness (QED) is 0.373. The maximum atomic E-state index is 11.0. The lowest BCUT2D eigenvalue weighted by molar-refractivity contribution is -0.384. The first-order valence-electron chi connectivity index (χ1n) is 10.1. The summed E-state index contributed by atoms with van der Waals surface area (Å²) in [5, 5.41) is 13.2. The van der Waals surface area contributed by atoms with Crippen LogP contribution < -0.4 is 4.80 Å². The Hall–Kier alpha value is -2.73. The number of hydrogen-bond acceptors (Lipinski definition) is 4. The Morgan fingerprint density at radius 2 is 1.79 bits per heavy atom. The van der Waals surface area contributed by atoms with Gasteiger partial charge in [0.25, 0.3) is 5.69 Å². The zero-order chi connectivity index (χ0) is 20.4. The molecule has 3 atom stereocenters. The van der Waals surface area contributed by atoms with Crippen molar-refractivity contribution >= 4 is 22.7 Å². The van der Waals surface area contributed by atoms with Crippen LogP contribution in [-0.4, -0.2) is 9.49 Å². The second kappa shape index (κ2) is 8.33. The Morgan fingerprint density at radius 1 is 1.07 bits per heavy atom. The highest BCUT2D eigenvalue weighted by molar-refractivity contribution is 7.07. The lowest BCUT2D eigenvalue weighted by Crippen LogP contribution is -2.32. The van der Waals surface area contributed by atoms with Crippen LogP contribution >= 0.6 is 11.3 Å². The molecule has 29 heavy (non-hydrogen) atoms. The zero-order valence-corrected chi connectivity index (χ0v) is 17.5. The molecular weight excluding hydrogens is 382 g/mol. The van der Waals surface area contributed by atoms with Gasteiger partial charge < -0.3 is 4.57 Å². The van der Waals surface area contributed by atoms with Gasteiger partial charge in [-0.05, 0) is 48.1 Å². The summed E-state index contributed by atoms with van der Waals surface area (Å²) in [4.78, 5) is 16.6. The van der Waals surface area contributed by atoms with Crippen LogP contribution in [0, 0.1) is 22.0 Å². The molecule has 0 N–H and O–H groups in total. The minimum Gasteiger partial charge on any atom is -0.313 e. The molecule has 0 spiro atoms. The van der Waals surface area contributed by atoms with Crippen LogP contribution in [0.2, 0.25) is 0 Å². The molecule has 1 aliphatic carbocycles. The number of para-hydroxylation sites is 1. The fourth-order valence-electron chi connectivity index (χ4n) is 4.22. The van der Waals surface area contributed by atoms with Crippen molar-refractivity contribution in [3.05, 3.63) is 74.9 Å². The van der Waals surface area contributed by atoms with E-state index in [2.05, 4.69) is 23.8 Å². The minimum absolute atomic E-state index is 0.115. The van der Waals surface area contributed by atoms with E-state index in [4.69, 9.17) is 4.99 Å². The smallest absolute Gasteiger partial charge is 0.269 e. The standard InChI is InChI=1S/C23H25N3O2S/c1-16-7-6-10-21(17(16)2)25-22(18-11-13-20(14-12-18)26(27)28)15-29-23(25)24-19-8-4-3-5-9-19/h3-5,8-9,11-17,21H,6-7,10H2,1-2H3. The predicted octanol–water partition coefficient (Wildman–Crippen LogP) is 6.35. The van der Waals surface area contributed by atoms with Crippen molar-refractivity contribution in [3.63, 3.8) is 0 Å². The molecular formula is C23H25N3O2S. The number of nitrogens with zero attached hydrogens (tertiary/aromatic N) is 3. The molecule has 0 saturated heterocycles. The molecule has 5 nitrogen and oxygen atoms in total. The average Bonchev–Trinajstić information content (AvgIpc) is 3.14. The summed E-state index contributed by atoms with van der Waals surface area (Å²) in [6.45, 7) is 4.67. The second-order valence-electron chi connectivity index (χ2n) is 7.86. The molecule has 0 bridgehead atoms. The largest absolute Gasteiger partial charge is 0.313 e. The van der Waals surface area contributed by atoms with Gasteiger partial charge in [0.15, 0.2) is 4.80 Å². The monoisotopic (exact) mass is 407 g/mol. The fraction of sp³-hybridized carbons (Fsp3) is 0.348. The molecule has 2 aromatic carbocycles. The molecule has 0 amide bonds. The van der Waals surface area contributed by atoms with Crippen LogP contribution in [0.25, 0.3) is 11.3 Å². The summed E-state index contributed by atoms with van der Waals surface area (Å²) in [6, 6.07) is 17.3. The van der Waals surface area contributed by atoms with E-state index >= 15 is 0 Å². The van der Waals surface area contributed by atoms with Gasteiger partial charge in [0.2, 0.25) is 0 Å². The molecule has 3 aromatic rings. The molecule has 1 heterocycles. The van der Waals surface area contributed by atoms with E-state index in [0.717, 1.165) is 28.2 Å². The summed E-state index contributed by atoms with van der Waals surface area (Å²) in [6.07, 6.45) is 3.61. The first-order chi connectivity index (χ1) is 14.0. The summed E-state index contributed by atoms with van der Waals surface area (Å²) in [5.74, 6) is 1.21. The third-order valence-electron chi connectivity index (χ3n) is 6.09. The minimum atomic E-state index is -0.355. The van der Waals surface area contributed by atoms with Crippen molar-refractivity contribution in [3.8, 4) is 11.3 Å². The zero-order valence-electron chi connectivity index (χ0n) is 16.7. The van der Waals surface area contributed by atoms with Crippen LogP contribution in [0.5, 0.6) is 0 Å². The first kappa shape index (κ1) is 19.6. The van der Waals surface area contributed by atoms with Gasteiger partial charge in [-0.3, -0.25) is 10.1 Å². The van der Waals surface area contributed by atoms with Crippen LogP contribution in [0.15, 0.2) is 65.0 Å². The van der Waals surface area contributed by atoms with Gasteiger partial charge in [-0.15, -0.1) is 11.3 Å². The number of benzene rings is 2. The number of nitro groups is 1. The topological polar surface area (TPSA) is 60.4 Å². The Kier molecular flexibility index (Phi) is 5.62. The number of nitro benzene ring substituents is 1. The summed E-state index contributed by atoms with van der Waals surface area (Å²) >= 11 is 1.64. The van der Waals surface area contributed by atoms with Crippen LogP contribution in [0.3, 0.4) is 0 Å². The average molecular weight is 408 g/mol. The van der Waals surface area contributed by atoms with Crippen molar-refractivity contribution < 1.29 is 4.92 Å². The van der Waals surface area contributed by atoms with E-state index in [0.29, 0.717) is 17.9 Å². The Morgan fingerprint density at radius 3 is 2.48 bits per heavy atom. The van der Waals surface area contributed by atoms with Gasteiger partial charge in [0.05, 0.1) is 16.3 Å². The normalized spacial score (nSPS) is 22.6. The number of thiazole rings is 1. The summed E-state index contributed by atoms with van der Waals surface area (Å²) < 4.78 is 2.37. The van der Waals surface area contributed by atoms with Gasteiger partial charge >= 0.3 is 0 Å². The van der Waals surface area contributed by atoms with E-state index in [1.54, 1.807) is 23.5 Å². The lowest BCUT2D eigenvalue weighted by Gasteiger charge is -2.36. The Bertz CT molecular complexity index is 1050. The third-order valence-corrected chi connectivity index (χ3v) is 6.93. The highest BCUT2D eigenvalue weighted by Crippen LogP contribution is 2.39. The Balaban J connectivity index is 1.85. The van der Waals surface area contributed by atoms with E-state index in [1.807, 2.05) is 42.5 Å². The van der Waals surface area contributed by atoms with Crippen molar-refractivity contribution in [2.24, 2.45) is 16.8 Å². The number of aromatic nitrogens is 1. The van der Waals surface area contributed by atoms with Crippen molar-refractivity contribution in [1.82, 2.24) is 4.57 Å². The van der Waals surface area contributed by atoms with Crippen LogP contribution in [0.1, 0.15) is 39.2 Å². The van der Waals surface area contributed by atoms with Crippen LogP contribution in [-0.2, 0) is 0 Å². The molecule has 6 heteroatoms. The fourth-order valence-corrected chi connectivity index (χ4v) is 5.19. The van der Waals surface area contributed by atoms with Gasteiger partial charge in [0.1, 0.15) is 0 Å². The summed E-state index contributed by atoms with van der Waals surface area (Å²) in [5.41, 5.74) is 3.14. The van der Waals surface area contributed by atoms with Crippen molar-refractivity contribution in [1.29, 1.82) is 0 Å². The third kappa shape index (κ3) is 4.03. The van der Waals surface area contributed by atoms with Crippen molar-refractivity contribution in [2.45, 2.75) is 39.2 Å². The number of hydrogen-bond donors (Lipinski definition) is 0. The molecule has 1 aromatic heterocycles. The van der Waals surface area contributed by atoms with Gasteiger partial charge in [-0.1, -0.05) is 44.9 Å². The van der Waals surface area contributed by atoms with Gasteiger partial charge in [-0.2, -0.15) is 0 Å². The van der Waals surface area contributed by atoms with E-state index < -0.39 is 0 Å². The molecule has 4 rings (SSSR count). The molecule has 1 saturated carbocycles. The number of rotatable bonds is 4. The molecule has 0 aliphatic heterocycles. The van der Waals surface area contributed by atoms with E-state index in [1.165, 1.54) is 12.8 Å². The van der Waals surface area contributed by atoms with E-state index in [-0.39, 0.29) is 10.6 Å². The lowest BCUT2D eigenvalue weighted by atomic mass is 9.78. The molecule has 1 fully saturated rings. The maximum Gasteiger partial charge on any atom is 0.269 e. The molecule has 1 aliphatic rings. The van der Waals surface area contributed by atoms with Gasteiger partial charge in [0, 0.05) is 23.6 Å². The van der Waals surface area contributed by atoms with Crippen LogP contribution in [0.4, 0.5) is 11.4 Å². The number of non-ortho nitro benzene ring substituents is 1. The van der Waals surface area contributed by atoms with Gasteiger partial charge in [-0.25, -0.2) is 4.99 Å². The SMILES string of the molecule is CC1CCCC(n2c(-c3ccc([N+](=O)[O-])cc3)csc2=Nc2ccccc2)C1C. The maximum absolute atomic E-state index is 11.0. The molecule has 0 radical (unpaired) electrons. The Labute approximate surface area is 174 Å². The first-order valence-corrected chi connectivity index (χ1v) is 11.0. The highest BCUT2D eigenvalue weighted by Gasteiger charge is 2.30. The summed E-state index contributed by atoms with van der Waals surface area (Å²) in [7, 11) is 0. The molecule has 3 unspecified atom stereocenters. The van der Waals surface area contributed by atoms with E-state index in [9.17, 15) is 10.1 Å².